The summed E-state index contributed by atoms with van der Waals surface area (Å²) in [4.78, 5) is 4.20. The molecule has 1 aromatic heterocycles. The van der Waals surface area contributed by atoms with Crippen molar-refractivity contribution in [1.82, 2.24) is 4.98 Å². The molecular formula is C17H12ClN3O. The molecule has 0 aliphatic heterocycles. The van der Waals surface area contributed by atoms with E-state index < -0.39 is 0 Å². The zero-order valence-corrected chi connectivity index (χ0v) is 12.3. The van der Waals surface area contributed by atoms with Gasteiger partial charge in [-0.25, -0.2) is 0 Å². The van der Waals surface area contributed by atoms with Gasteiger partial charge in [0, 0.05) is 6.54 Å². The monoisotopic (exact) mass is 309 g/mol. The number of rotatable bonds is 4. The second kappa shape index (κ2) is 6.33. The second-order valence-corrected chi connectivity index (χ2v) is 5.03. The number of nitrogens with one attached hydrogen (secondary N) is 1. The third-order valence-corrected chi connectivity index (χ3v) is 3.46. The Hall–Kier alpha value is -2.77. The van der Waals surface area contributed by atoms with Gasteiger partial charge < -0.3 is 9.73 Å². The Morgan fingerprint density at radius 1 is 1.09 bits per heavy atom. The molecule has 1 N–H and O–H groups in total. The summed E-state index contributed by atoms with van der Waals surface area (Å²) in [6.07, 6.45) is 0. The summed E-state index contributed by atoms with van der Waals surface area (Å²) in [7, 11) is 0. The van der Waals surface area contributed by atoms with Crippen molar-refractivity contribution in [3.63, 3.8) is 0 Å². The maximum Gasteiger partial charge on any atom is 0.232 e. The Labute approximate surface area is 133 Å². The molecule has 4 nitrogen and oxygen atoms in total. The fourth-order valence-electron chi connectivity index (χ4n) is 2.04. The molecule has 0 bridgehead atoms. The van der Waals surface area contributed by atoms with Gasteiger partial charge in [0.2, 0.25) is 17.5 Å². The van der Waals surface area contributed by atoms with Crippen molar-refractivity contribution in [2.45, 2.75) is 6.54 Å². The lowest BCUT2D eigenvalue weighted by Gasteiger charge is -2.02. The van der Waals surface area contributed by atoms with E-state index >= 15 is 0 Å². The normalized spacial score (nSPS) is 10.2. The summed E-state index contributed by atoms with van der Waals surface area (Å²) < 4.78 is 5.67. The summed E-state index contributed by atoms with van der Waals surface area (Å²) in [6, 6.07) is 19.1. The fourth-order valence-corrected chi connectivity index (χ4v) is 2.26. The van der Waals surface area contributed by atoms with Crippen molar-refractivity contribution < 1.29 is 4.42 Å². The van der Waals surface area contributed by atoms with Crippen LogP contribution in [0.2, 0.25) is 5.02 Å². The van der Waals surface area contributed by atoms with E-state index in [1.807, 2.05) is 48.5 Å². The maximum atomic E-state index is 9.20. The lowest BCUT2D eigenvalue weighted by atomic mass is 10.2. The van der Waals surface area contributed by atoms with Gasteiger partial charge in [-0.1, -0.05) is 54.1 Å². The molecular weight excluding hydrogens is 298 g/mol. The molecule has 0 spiro atoms. The van der Waals surface area contributed by atoms with Gasteiger partial charge in [0.05, 0.1) is 10.6 Å². The van der Waals surface area contributed by atoms with E-state index in [1.165, 1.54) is 0 Å². The number of oxazole rings is 1. The van der Waals surface area contributed by atoms with Crippen LogP contribution in [-0.2, 0) is 6.54 Å². The van der Waals surface area contributed by atoms with Crippen LogP contribution in [0.3, 0.4) is 0 Å². The van der Waals surface area contributed by atoms with Crippen LogP contribution in [0.5, 0.6) is 0 Å². The lowest BCUT2D eigenvalue weighted by molar-refractivity contribution is 0.585. The number of aromatic nitrogens is 1. The van der Waals surface area contributed by atoms with E-state index in [0.29, 0.717) is 28.9 Å². The van der Waals surface area contributed by atoms with Crippen molar-refractivity contribution in [3.8, 4) is 17.5 Å². The standard InChI is InChI=1S/C17H12ClN3O/c18-14-9-5-4-8-13(14)16-21-15(10-19)17(22-16)20-11-12-6-2-1-3-7-12/h1-9,20H,11H2. The SMILES string of the molecule is N#Cc1nc(-c2ccccc2Cl)oc1NCc1ccccc1. The third kappa shape index (κ3) is 2.95. The number of halogens is 1. The van der Waals surface area contributed by atoms with E-state index in [1.54, 1.807) is 12.1 Å². The quantitative estimate of drug-likeness (QED) is 0.772. The van der Waals surface area contributed by atoms with Crippen LogP contribution in [0.4, 0.5) is 5.88 Å². The van der Waals surface area contributed by atoms with E-state index in [-0.39, 0.29) is 5.69 Å². The highest BCUT2D eigenvalue weighted by atomic mass is 35.5. The highest BCUT2D eigenvalue weighted by molar-refractivity contribution is 6.33. The van der Waals surface area contributed by atoms with Crippen LogP contribution in [0, 0.1) is 11.3 Å². The summed E-state index contributed by atoms with van der Waals surface area (Å²) >= 11 is 6.13. The minimum absolute atomic E-state index is 0.214. The molecule has 22 heavy (non-hydrogen) atoms. The van der Waals surface area contributed by atoms with Crippen LogP contribution < -0.4 is 5.32 Å². The number of nitrogens with zero attached hydrogens (tertiary/aromatic N) is 2. The minimum atomic E-state index is 0.214. The Bertz CT molecular complexity index is 821. The van der Waals surface area contributed by atoms with Gasteiger partial charge in [-0.2, -0.15) is 10.2 Å². The van der Waals surface area contributed by atoms with Gasteiger partial charge >= 0.3 is 0 Å². The number of benzene rings is 2. The molecule has 0 aliphatic carbocycles. The highest BCUT2D eigenvalue weighted by Crippen LogP contribution is 2.30. The van der Waals surface area contributed by atoms with Gasteiger partial charge in [-0.15, -0.1) is 0 Å². The van der Waals surface area contributed by atoms with Crippen molar-refractivity contribution in [2.75, 3.05) is 5.32 Å². The molecule has 2 aromatic carbocycles. The summed E-state index contributed by atoms with van der Waals surface area (Å²) in [5.74, 6) is 0.680. The third-order valence-electron chi connectivity index (χ3n) is 3.13. The topological polar surface area (TPSA) is 61.9 Å². The van der Waals surface area contributed by atoms with Gasteiger partial charge in [-0.3, -0.25) is 0 Å². The smallest absolute Gasteiger partial charge is 0.232 e. The van der Waals surface area contributed by atoms with E-state index in [9.17, 15) is 5.26 Å². The first-order valence-corrected chi connectivity index (χ1v) is 7.09. The van der Waals surface area contributed by atoms with Crippen LogP contribution >= 0.6 is 11.6 Å². The zero-order valence-electron chi connectivity index (χ0n) is 11.6. The molecule has 0 unspecified atom stereocenters. The zero-order chi connectivity index (χ0) is 15.4. The minimum Gasteiger partial charge on any atom is -0.419 e. The average molecular weight is 310 g/mol. The van der Waals surface area contributed by atoms with E-state index in [0.717, 1.165) is 5.56 Å². The summed E-state index contributed by atoms with van der Waals surface area (Å²) in [5.41, 5.74) is 1.96. The molecule has 108 valence electrons. The van der Waals surface area contributed by atoms with E-state index in [4.69, 9.17) is 16.0 Å². The summed E-state index contributed by atoms with van der Waals surface area (Å²) in [5, 5.41) is 12.8. The number of nitriles is 1. The van der Waals surface area contributed by atoms with E-state index in [2.05, 4.69) is 10.3 Å². The fraction of sp³-hybridized carbons (Fsp3) is 0.0588. The van der Waals surface area contributed by atoms with Crippen molar-refractivity contribution in [1.29, 1.82) is 5.26 Å². The molecule has 0 atom stereocenters. The van der Waals surface area contributed by atoms with Gasteiger partial charge in [0.25, 0.3) is 0 Å². The molecule has 1 heterocycles. The van der Waals surface area contributed by atoms with Gasteiger partial charge in [-0.05, 0) is 17.7 Å². The molecule has 5 heteroatoms. The molecule has 0 fully saturated rings. The molecule has 0 aliphatic rings. The van der Waals surface area contributed by atoms with Crippen LogP contribution in [-0.4, -0.2) is 4.98 Å². The predicted octanol–water partition coefficient (Wildman–Crippen LogP) is 4.48. The molecule has 0 amide bonds. The molecule has 0 saturated carbocycles. The molecule has 3 aromatic rings. The lowest BCUT2D eigenvalue weighted by Crippen LogP contribution is -1.99. The Balaban J connectivity index is 1.86. The first kappa shape index (κ1) is 14.2. The molecule has 3 rings (SSSR count). The molecule has 0 radical (unpaired) electrons. The van der Waals surface area contributed by atoms with Crippen molar-refractivity contribution in [2.24, 2.45) is 0 Å². The van der Waals surface area contributed by atoms with Gasteiger partial charge in [0.1, 0.15) is 6.07 Å². The number of anilines is 1. The second-order valence-electron chi connectivity index (χ2n) is 4.63. The Morgan fingerprint density at radius 3 is 2.55 bits per heavy atom. The Kier molecular flexibility index (Phi) is 4.08. The van der Waals surface area contributed by atoms with Crippen LogP contribution in [0.25, 0.3) is 11.5 Å². The summed E-state index contributed by atoms with van der Waals surface area (Å²) in [6.45, 7) is 0.548. The number of hydrogen-bond donors (Lipinski definition) is 1. The Morgan fingerprint density at radius 2 is 1.82 bits per heavy atom. The predicted molar refractivity (Wildman–Crippen MR) is 85.4 cm³/mol. The highest BCUT2D eigenvalue weighted by Gasteiger charge is 2.16. The first-order chi connectivity index (χ1) is 10.8. The van der Waals surface area contributed by atoms with Crippen LogP contribution in [0.1, 0.15) is 11.3 Å². The molecule has 0 saturated heterocycles. The van der Waals surface area contributed by atoms with Gasteiger partial charge in [0.15, 0.2) is 0 Å². The van der Waals surface area contributed by atoms with Crippen LogP contribution in [0.15, 0.2) is 59.0 Å². The number of hydrogen-bond acceptors (Lipinski definition) is 4. The average Bonchev–Trinajstić information content (AvgIpc) is 2.97. The first-order valence-electron chi connectivity index (χ1n) is 6.71. The van der Waals surface area contributed by atoms with Crippen molar-refractivity contribution in [3.05, 3.63) is 70.9 Å². The largest absolute Gasteiger partial charge is 0.419 e. The maximum absolute atomic E-state index is 9.20. The van der Waals surface area contributed by atoms with Crippen molar-refractivity contribution >= 4 is 17.5 Å².